The summed E-state index contributed by atoms with van der Waals surface area (Å²) < 4.78 is 5.37. The highest BCUT2D eigenvalue weighted by molar-refractivity contribution is 7.15. The summed E-state index contributed by atoms with van der Waals surface area (Å²) in [5.74, 6) is 1.10. The van der Waals surface area contributed by atoms with Gasteiger partial charge in [0, 0.05) is 35.8 Å². The molecule has 5 nitrogen and oxygen atoms in total. The zero-order chi connectivity index (χ0) is 19.8. The van der Waals surface area contributed by atoms with Gasteiger partial charge in [-0.3, -0.25) is 9.69 Å². The van der Waals surface area contributed by atoms with Crippen LogP contribution < -0.4 is 5.56 Å². The Balaban J connectivity index is 1.34. The lowest BCUT2D eigenvalue weighted by atomic mass is 10.1. The molecule has 0 bridgehead atoms. The number of aromatic amines is 1. The predicted octanol–water partition coefficient (Wildman–Crippen LogP) is 4.63. The molecule has 0 saturated carbocycles. The fraction of sp³-hybridized carbons (Fsp3) is 0.217. The van der Waals surface area contributed by atoms with Gasteiger partial charge in [-0.1, -0.05) is 29.8 Å². The molecule has 29 heavy (non-hydrogen) atoms. The Labute approximate surface area is 172 Å². The predicted molar refractivity (Wildman–Crippen MR) is 115 cm³/mol. The number of aromatic nitrogens is 2. The molecule has 6 heteroatoms. The molecule has 1 aromatic carbocycles. The molecule has 0 spiro atoms. The van der Waals surface area contributed by atoms with Crippen molar-refractivity contribution >= 4 is 11.3 Å². The normalized spacial score (nSPS) is 14.1. The topological polar surface area (TPSA) is 62.1 Å². The summed E-state index contributed by atoms with van der Waals surface area (Å²) in [7, 11) is 0. The molecular weight excluding hydrogens is 382 g/mol. The quantitative estimate of drug-likeness (QED) is 0.540. The molecule has 0 unspecified atom stereocenters. The molecule has 0 aliphatic carbocycles. The van der Waals surface area contributed by atoms with Crippen molar-refractivity contribution in [1.29, 1.82) is 0 Å². The Morgan fingerprint density at radius 3 is 2.97 bits per heavy atom. The van der Waals surface area contributed by atoms with E-state index in [2.05, 4.69) is 58.2 Å². The Morgan fingerprint density at radius 1 is 1.21 bits per heavy atom. The largest absolute Gasteiger partial charge is 0.461 e. The second-order valence-electron chi connectivity index (χ2n) is 7.41. The monoisotopic (exact) mass is 403 g/mol. The second-order valence-corrected chi connectivity index (χ2v) is 8.58. The number of thiophene rings is 1. The molecule has 0 radical (unpaired) electrons. The van der Waals surface area contributed by atoms with Crippen LogP contribution in [-0.4, -0.2) is 21.4 Å². The molecule has 1 aliphatic rings. The third kappa shape index (κ3) is 3.69. The molecule has 1 N–H and O–H groups in total. The van der Waals surface area contributed by atoms with Crippen LogP contribution in [0.2, 0.25) is 0 Å². The first-order chi connectivity index (χ1) is 14.2. The SMILES string of the molecule is Cc1cccc(-c2ccc(CN3CCc4nc(-c5ccco5)[nH]c(=O)c4C3)s2)c1. The highest BCUT2D eigenvalue weighted by Gasteiger charge is 2.22. The van der Waals surface area contributed by atoms with Gasteiger partial charge < -0.3 is 9.40 Å². The van der Waals surface area contributed by atoms with Crippen molar-refractivity contribution < 1.29 is 4.42 Å². The molecule has 5 rings (SSSR count). The number of fused-ring (bicyclic) bond motifs is 1. The molecule has 3 aromatic heterocycles. The molecule has 0 atom stereocenters. The first-order valence-electron chi connectivity index (χ1n) is 9.70. The van der Waals surface area contributed by atoms with Crippen LogP contribution in [0.3, 0.4) is 0 Å². The number of nitrogens with one attached hydrogen (secondary N) is 1. The Bertz CT molecular complexity index is 1210. The van der Waals surface area contributed by atoms with Crippen molar-refractivity contribution in [2.24, 2.45) is 0 Å². The fourth-order valence-corrected chi connectivity index (χ4v) is 4.83. The van der Waals surface area contributed by atoms with Crippen molar-refractivity contribution in [2.75, 3.05) is 6.54 Å². The van der Waals surface area contributed by atoms with E-state index in [9.17, 15) is 4.79 Å². The fourth-order valence-electron chi connectivity index (χ4n) is 3.78. The summed E-state index contributed by atoms with van der Waals surface area (Å²) >= 11 is 1.82. The second kappa shape index (κ2) is 7.46. The van der Waals surface area contributed by atoms with E-state index in [1.807, 2.05) is 17.4 Å². The van der Waals surface area contributed by atoms with E-state index in [0.717, 1.165) is 30.8 Å². The maximum absolute atomic E-state index is 12.6. The van der Waals surface area contributed by atoms with Crippen molar-refractivity contribution in [2.45, 2.75) is 26.4 Å². The van der Waals surface area contributed by atoms with E-state index >= 15 is 0 Å². The highest BCUT2D eigenvalue weighted by atomic mass is 32.1. The van der Waals surface area contributed by atoms with Gasteiger partial charge in [-0.05, 0) is 36.8 Å². The van der Waals surface area contributed by atoms with Gasteiger partial charge >= 0.3 is 0 Å². The van der Waals surface area contributed by atoms with Gasteiger partial charge in [-0.15, -0.1) is 11.3 Å². The van der Waals surface area contributed by atoms with Gasteiger partial charge in [0.05, 0.1) is 17.5 Å². The standard InChI is InChI=1S/C23H21N3O2S/c1-15-4-2-5-16(12-15)21-8-7-17(29-21)13-26-10-9-19-18(14-26)23(27)25-22(24-19)20-6-3-11-28-20/h2-8,11-12H,9-10,13-14H2,1H3,(H,24,25,27). The van der Waals surface area contributed by atoms with Crippen molar-refractivity contribution in [3.63, 3.8) is 0 Å². The van der Waals surface area contributed by atoms with Crippen LogP contribution in [0, 0.1) is 6.92 Å². The van der Waals surface area contributed by atoms with E-state index in [0.29, 0.717) is 18.1 Å². The average Bonchev–Trinajstić information content (AvgIpc) is 3.41. The van der Waals surface area contributed by atoms with Gasteiger partial charge in [0.15, 0.2) is 11.6 Å². The number of hydrogen-bond donors (Lipinski definition) is 1. The van der Waals surface area contributed by atoms with Crippen LogP contribution in [-0.2, 0) is 19.5 Å². The first kappa shape index (κ1) is 18.1. The van der Waals surface area contributed by atoms with E-state index in [4.69, 9.17) is 4.42 Å². The van der Waals surface area contributed by atoms with Crippen LogP contribution in [0.25, 0.3) is 22.0 Å². The van der Waals surface area contributed by atoms with Crippen LogP contribution >= 0.6 is 11.3 Å². The minimum absolute atomic E-state index is 0.0715. The van der Waals surface area contributed by atoms with Gasteiger partial charge in [0.1, 0.15) is 0 Å². The van der Waals surface area contributed by atoms with E-state index in [-0.39, 0.29) is 5.56 Å². The smallest absolute Gasteiger partial charge is 0.256 e. The van der Waals surface area contributed by atoms with Crippen molar-refractivity contribution in [1.82, 2.24) is 14.9 Å². The van der Waals surface area contributed by atoms with E-state index in [1.54, 1.807) is 12.3 Å². The average molecular weight is 404 g/mol. The van der Waals surface area contributed by atoms with Crippen LogP contribution in [0.5, 0.6) is 0 Å². The van der Waals surface area contributed by atoms with Gasteiger partial charge in [-0.2, -0.15) is 0 Å². The number of furan rings is 1. The lowest BCUT2D eigenvalue weighted by Gasteiger charge is -2.27. The van der Waals surface area contributed by atoms with Gasteiger partial charge in [-0.25, -0.2) is 4.98 Å². The molecule has 1 aliphatic heterocycles. The maximum Gasteiger partial charge on any atom is 0.256 e. The number of rotatable bonds is 4. The lowest BCUT2D eigenvalue weighted by Crippen LogP contribution is -2.35. The Kier molecular flexibility index (Phi) is 4.66. The van der Waals surface area contributed by atoms with Crippen LogP contribution in [0.15, 0.2) is 64.0 Å². The molecule has 0 saturated heterocycles. The molecule has 4 aromatic rings. The zero-order valence-electron chi connectivity index (χ0n) is 16.1. The summed E-state index contributed by atoms with van der Waals surface area (Å²) in [6.07, 6.45) is 2.35. The summed E-state index contributed by atoms with van der Waals surface area (Å²) in [6.45, 7) is 4.47. The van der Waals surface area contributed by atoms with E-state index < -0.39 is 0 Å². The van der Waals surface area contributed by atoms with Gasteiger partial charge in [0.2, 0.25) is 0 Å². The third-order valence-corrected chi connectivity index (χ3v) is 6.37. The number of hydrogen-bond acceptors (Lipinski definition) is 5. The molecule has 4 heterocycles. The van der Waals surface area contributed by atoms with E-state index in [1.165, 1.54) is 20.9 Å². The van der Waals surface area contributed by atoms with Crippen molar-refractivity contribution in [3.8, 4) is 22.0 Å². The number of nitrogens with zero attached hydrogens (tertiary/aromatic N) is 2. The highest BCUT2D eigenvalue weighted by Crippen LogP contribution is 2.30. The molecule has 0 amide bonds. The maximum atomic E-state index is 12.6. The summed E-state index contributed by atoms with van der Waals surface area (Å²) in [5.41, 5.74) is 4.10. The number of aryl methyl sites for hydroxylation is 1. The minimum Gasteiger partial charge on any atom is -0.461 e. The summed E-state index contributed by atoms with van der Waals surface area (Å²) in [5, 5.41) is 0. The number of H-pyrrole nitrogens is 1. The van der Waals surface area contributed by atoms with Crippen LogP contribution in [0.1, 0.15) is 21.7 Å². The summed E-state index contributed by atoms with van der Waals surface area (Å²) in [4.78, 5) is 25.0. The first-order valence-corrected chi connectivity index (χ1v) is 10.5. The number of benzene rings is 1. The molecule has 0 fully saturated rings. The molecule has 146 valence electrons. The lowest BCUT2D eigenvalue weighted by molar-refractivity contribution is 0.244. The van der Waals surface area contributed by atoms with Crippen molar-refractivity contribution in [3.05, 3.63) is 86.8 Å². The molecular formula is C23H21N3O2S. The third-order valence-electron chi connectivity index (χ3n) is 5.25. The Hall–Kier alpha value is -2.96. The van der Waals surface area contributed by atoms with Gasteiger partial charge in [0.25, 0.3) is 5.56 Å². The Morgan fingerprint density at radius 2 is 2.14 bits per heavy atom. The zero-order valence-corrected chi connectivity index (χ0v) is 17.0. The van der Waals surface area contributed by atoms with Crippen LogP contribution in [0.4, 0.5) is 0 Å². The summed E-state index contributed by atoms with van der Waals surface area (Å²) in [6, 6.07) is 16.6. The minimum atomic E-state index is -0.0715.